The van der Waals surface area contributed by atoms with E-state index in [1.54, 1.807) is 6.92 Å². The molecule has 0 unspecified atom stereocenters. The standard InChI is InChI=1S/C9H20N2O4S2/c1-2-8-16(12,13)10-5-7-11-6-3-4-9-17(11,14)15/h10H,2-9H2,1H3. The summed E-state index contributed by atoms with van der Waals surface area (Å²) in [7, 11) is -6.40. The Balaban J connectivity index is 2.41. The van der Waals surface area contributed by atoms with Crippen LogP contribution in [0, 0.1) is 0 Å². The summed E-state index contributed by atoms with van der Waals surface area (Å²) >= 11 is 0. The van der Waals surface area contributed by atoms with Crippen LogP contribution in [0.5, 0.6) is 0 Å². The zero-order valence-corrected chi connectivity index (χ0v) is 11.7. The second kappa shape index (κ2) is 6.12. The van der Waals surface area contributed by atoms with E-state index in [9.17, 15) is 16.8 Å². The van der Waals surface area contributed by atoms with Crippen LogP contribution in [-0.2, 0) is 20.0 Å². The molecule has 0 aromatic carbocycles. The van der Waals surface area contributed by atoms with Crippen molar-refractivity contribution in [2.75, 3.05) is 31.1 Å². The molecular weight excluding hydrogens is 264 g/mol. The first-order valence-electron chi connectivity index (χ1n) is 5.82. The van der Waals surface area contributed by atoms with Crippen LogP contribution in [0.2, 0.25) is 0 Å². The fraction of sp³-hybridized carbons (Fsp3) is 1.00. The van der Waals surface area contributed by atoms with Crippen molar-refractivity contribution >= 4 is 20.0 Å². The first kappa shape index (κ1) is 14.9. The van der Waals surface area contributed by atoms with Gasteiger partial charge in [-0.1, -0.05) is 6.92 Å². The third-order valence-corrected chi connectivity index (χ3v) is 6.16. The molecule has 0 spiro atoms. The molecule has 1 fully saturated rings. The molecule has 8 heteroatoms. The number of nitrogens with one attached hydrogen (secondary N) is 1. The SMILES string of the molecule is CCCS(=O)(=O)NCCN1CCCCS1(=O)=O. The lowest BCUT2D eigenvalue weighted by atomic mass is 10.3. The molecule has 0 aromatic rings. The zero-order chi connectivity index (χ0) is 12.9. The van der Waals surface area contributed by atoms with Gasteiger partial charge in [-0.05, 0) is 19.3 Å². The van der Waals surface area contributed by atoms with Crippen molar-refractivity contribution in [3.63, 3.8) is 0 Å². The number of hydrogen-bond donors (Lipinski definition) is 1. The first-order chi connectivity index (χ1) is 7.87. The van der Waals surface area contributed by atoms with Crippen molar-refractivity contribution in [2.45, 2.75) is 26.2 Å². The fourth-order valence-corrected chi connectivity index (χ4v) is 4.45. The van der Waals surface area contributed by atoms with Crippen LogP contribution >= 0.6 is 0 Å². The van der Waals surface area contributed by atoms with E-state index in [0.717, 1.165) is 6.42 Å². The highest BCUT2D eigenvalue weighted by Crippen LogP contribution is 2.12. The average Bonchev–Trinajstić information content (AvgIpc) is 2.20. The average molecular weight is 284 g/mol. The summed E-state index contributed by atoms with van der Waals surface area (Å²) < 4.78 is 49.7. The molecule has 0 amide bonds. The monoisotopic (exact) mass is 284 g/mol. The number of rotatable bonds is 6. The molecule has 1 aliphatic heterocycles. The molecule has 6 nitrogen and oxygen atoms in total. The van der Waals surface area contributed by atoms with E-state index in [4.69, 9.17) is 0 Å². The summed E-state index contributed by atoms with van der Waals surface area (Å²) in [5.74, 6) is 0.258. The number of sulfonamides is 2. The van der Waals surface area contributed by atoms with Crippen molar-refractivity contribution < 1.29 is 16.8 Å². The molecule has 1 N–H and O–H groups in total. The molecule has 1 saturated heterocycles. The van der Waals surface area contributed by atoms with Gasteiger partial charge in [0.05, 0.1) is 11.5 Å². The summed E-state index contributed by atoms with van der Waals surface area (Å²) in [5, 5.41) is 0. The maximum Gasteiger partial charge on any atom is 0.214 e. The minimum Gasteiger partial charge on any atom is -0.214 e. The minimum atomic E-state index is -3.24. The molecule has 17 heavy (non-hydrogen) atoms. The normalized spacial score (nSPS) is 21.5. The highest BCUT2D eigenvalue weighted by molar-refractivity contribution is 7.89. The van der Waals surface area contributed by atoms with Gasteiger partial charge in [0.25, 0.3) is 0 Å². The van der Waals surface area contributed by atoms with E-state index in [2.05, 4.69) is 4.72 Å². The molecule has 0 aromatic heterocycles. The molecule has 0 aliphatic carbocycles. The van der Waals surface area contributed by atoms with Gasteiger partial charge in [-0.15, -0.1) is 0 Å². The molecule has 0 atom stereocenters. The van der Waals surface area contributed by atoms with Crippen LogP contribution in [0.4, 0.5) is 0 Å². The Morgan fingerprint density at radius 3 is 2.59 bits per heavy atom. The van der Waals surface area contributed by atoms with Gasteiger partial charge in [-0.3, -0.25) is 0 Å². The fourth-order valence-electron chi connectivity index (χ4n) is 1.76. The quantitative estimate of drug-likeness (QED) is 0.728. The lowest BCUT2D eigenvalue weighted by molar-refractivity contribution is 0.386. The molecular formula is C9H20N2O4S2. The Labute approximate surface area is 103 Å². The van der Waals surface area contributed by atoms with Crippen LogP contribution in [0.25, 0.3) is 0 Å². The third-order valence-electron chi connectivity index (χ3n) is 2.61. The number of nitrogens with zero attached hydrogens (tertiary/aromatic N) is 1. The van der Waals surface area contributed by atoms with Gasteiger partial charge >= 0.3 is 0 Å². The molecule has 1 heterocycles. The van der Waals surface area contributed by atoms with Crippen LogP contribution < -0.4 is 4.72 Å². The highest BCUT2D eigenvalue weighted by atomic mass is 32.2. The second-order valence-corrected chi connectivity index (χ2v) is 8.15. The van der Waals surface area contributed by atoms with Gasteiger partial charge in [0.15, 0.2) is 0 Å². The minimum absolute atomic E-state index is 0.0831. The lowest BCUT2D eigenvalue weighted by Gasteiger charge is -2.26. The van der Waals surface area contributed by atoms with E-state index >= 15 is 0 Å². The van der Waals surface area contributed by atoms with Crippen molar-refractivity contribution in [1.82, 2.24) is 9.03 Å². The summed E-state index contributed by atoms with van der Waals surface area (Å²) in [6, 6.07) is 0. The maximum atomic E-state index is 11.6. The molecule has 1 aliphatic rings. The Bertz CT molecular complexity index is 430. The van der Waals surface area contributed by atoms with Crippen LogP contribution in [0.1, 0.15) is 26.2 Å². The Hall–Kier alpha value is -0.180. The number of hydrogen-bond acceptors (Lipinski definition) is 4. The van der Waals surface area contributed by atoms with Crippen LogP contribution in [0.3, 0.4) is 0 Å². The van der Waals surface area contributed by atoms with Gasteiger partial charge in [0.1, 0.15) is 0 Å². The molecule has 0 saturated carbocycles. The van der Waals surface area contributed by atoms with Gasteiger partial charge in [0.2, 0.25) is 20.0 Å². The first-order valence-corrected chi connectivity index (χ1v) is 9.09. The summed E-state index contributed by atoms with van der Waals surface area (Å²) in [6.45, 7) is 2.67. The molecule has 102 valence electrons. The van der Waals surface area contributed by atoms with Crippen molar-refractivity contribution in [1.29, 1.82) is 0 Å². The Kier molecular flexibility index (Phi) is 5.36. The molecule has 0 radical (unpaired) electrons. The third kappa shape index (κ3) is 4.90. The van der Waals surface area contributed by atoms with Crippen molar-refractivity contribution in [3.05, 3.63) is 0 Å². The predicted molar refractivity (Wildman–Crippen MR) is 66.7 cm³/mol. The van der Waals surface area contributed by atoms with Gasteiger partial charge in [0, 0.05) is 19.6 Å². The summed E-state index contributed by atoms with van der Waals surface area (Å²) in [6.07, 6.45) is 2.10. The lowest BCUT2D eigenvalue weighted by Crippen LogP contribution is -2.42. The van der Waals surface area contributed by atoms with Crippen molar-refractivity contribution in [3.8, 4) is 0 Å². The van der Waals surface area contributed by atoms with Crippen LogP contribution in [-0.4, -0.2) is 52.3 Å². The van der Waals surface area contributed by atoms with Gasteiger partial charge in [-0.2, -0.15) is 0 Å². The zero-order valence-electron chi connectivity index (χ0n) is 10.1. The predicted octanol–water partition coefficient (Wildman–Crippen LogP) is -0.259. The van der Waals surface area contributed by atoms with Gasteiger partial charge in [-0.25, -0.2) is 25.9 Å². The maximum absolute atomic E-state index is 11.6. The van der Waals surface area contributed by atoms with Gasteiger partial charge < -0.3 is 0 Å². The summed E-state index contributed by atoms with van der Waals surface area (Å²) in [5.41, 5.74) is 0. The second-order valence-electron chi connectivity index (χ2n) is 4.14. The van der Waals surface area contributed by atoms with Crippen molar-refractivity contribution in [2.24, 2.45) is 0 Å². The Morgan fingerprint density at radius 2 is 2.00 bits per heavy atom. The van der Waals surface area contributed by atoms with E-state index in [-0.39, 0.29) is 24.6 Å². The topological polar surface area (TPSA) is 83.6 Å². The summed E-state index contributed by atoms with van der Waals surface area (Å²) in [4.78, 5) is 0. The van der Waals surface area contributed by atoms with E-state index in [0.29, 0.717) is 19.4 Å². The van der Waals surface area contributed by atoms with E-state index in [1.165, 1.54) is 4.31 Å². The van der Waals surface area contributed by atoms with Crippen LogP contribution in [0.15, 0.2) is 0 Å². The van der Waals surface area contributed by atoms with E-state index in [1.807, 2.05) is 0 Å². The highest BCUT2D eigenvalue weighted by Gasteiger charge is 2.25. The largest absolute Gasteiger partial charge is 0.214 e. The Morgan fingerprint density at radius 1 is 1.29 bits per heavy atom. The molecule has 0 bridgehead atoms. The molecule has 1 rings (SSSR count). The van der Waals surface area contributed by atoms with E-state index < -0.39 is 20.0 Å². The smallest absolute Gasteiger partial charge is 0.214 e.